The van der Waals surface area contributed by atoms with E-state index in [0.29, 0.717) is 17.4 Å². The number of amides is 1. The lowest BCUT2D eigenvalue weighted by molar-refractivity contribution is -0.870. The van der Waals surface area contributed by atoms with E-state index < -0.39 is 20.0 Å². The number of nitrogens with zero attached hydrogens (tertiary/aromatic N) is 1. The maximum absolute atomic E-state index is 12.9. The summed E-state index contributed by atoms with van der Waals surface area (Å²) in [6.07, 6.45) is 48.3. The summed E-state index contributed by atoms with van der Waals surface area (Å²) >= 11 is 0. The van der Waals surface area contributed by atoms with E-state index in [1.165, 1.54) is 154 Å². The number of carbonyl (C=O) groups excluding carboxylic acids is 1. The van der Waals surface area contributed by atoms with Crippen molar-refractivity contribution in [3.63, 3.8) is 0 Å². The van der Waals surface area contributed by atoms with Crippen molar-refractivity contribution < 1.29 is 32.9 Å². The van der Waals surface area contributed by atoms with Crippen molar-refractivity contribution in [1.82, 2.24) is 5.32 Å². The molecule has 0 saturated carbocycles. The summed E-state index contributed by atoms with van der Waals surface area (Å²) in [6.45, 7) is 4.81. The first-order valence-electron chi connectivity index (χ1n) is 24.2. The smallest absolute Gasteiger partial charge is 0.387 e. The largest absolute Gasteiger partial charge is 0.472 e. The Morgan fingerprint density at radius 1 is 0.579 bits per heavy atom. The molecule has 0 rings (SSSR count). The predicted octanol–water partition coefficient (Wildman–Crippen LogP) is 13.7. The summed E-state index contributed by atoms with van der Waals surface area (Å²) in [5.74, 6) is -0.192. The Balaban J connectivity index is 4.32. The van der Waals surface area contributed by atoms with Crippen LogP contribution < -0.4 is 5.32 Å². The molecular weight excluding hydrogens is 732 g/mol. The van der Waals surface area contributed by atoms with Gasteiger partial charge in [-0.05, 0) is 44.9 Å². The predicted molar refractivity (Wildman–Crippen MR) is 245 cm³/mol. The highest BCUT2D eigenvalue weighted by Gasteiger charge is 2.27. The fourth-order valence-corrected chi connectivity index (χ4v) is 7.77. The van der Waals surface area contributed by atoms with Gasteiger partial charge in [-0.2, -0.15) is 0 Å². The number of likely N-dealkylation sites (N-methyl/N-ethyl adjacent to an activating group) is 1. The number of rotatable bonds is 44. The maximum atomic E-state index is 12.9. The maximum Gasteiger partial charge on any atom is 0.472 e. The van der Waals surface area contributed by atoms with Crippen molar-refractivity contribution >= 4 is 13.7 Å². The van der Waals surface area contributed by atoms with Crippen LogP contribution in [0.1, 0.15) is 226 Å². The molecular formula is C48H96N2O6P+. The summed E-state index contributed by atoms with van der Waals surface area (Å²) < 4.78 is 23.6. The zero-order valence-electron chi connectivity index (χ0n) is 38.3. The Hall–Kier alpha value is -1.02. The lowest BCUT2D eigenvalue weighted by atomic mass is 10.0. The van der Waals surface area contributed by atoms with Crippen molar-refractivity contribution in [2.24, 2.45) is 0 Å². The summed E-state index contributed by atoms with van der Waals surface area (Å²) in [5, 5.41) is 13.8. The normalized spacial score (nSPS) is 14.4. The standard InChI is InChI=1S/C48H95N2O6P/c1-6-8-10-12-14-16-18-20-21-22-23-24-25-26-27-28-30-31-33-35-37-39-41-47(51)46(45-56-57(53,54)55-44-43-50(3,4)5)49-48(52)42-40-38-36-34-32-29-19-17-15-13-11-9-7-2/h29,32,39,41,46-47,51H,6-28,30-31,33-38,40,42-45H2,1-5H3,(H-,49,52,53,54)/p+1/b32-29-,41-39+. The van der Waals surface area contributed by atoms with Gasteiger partial charge in [-0.3, -0.25) is 13.8 Å². The number of phosphoric acid groups is 1. The Bertz CT molecular complexity index is 984. The number of hydrogen-bond donors (Lipinski definition) is 3. The lowest BCUT2D eigenvalue weighted by Crippen LogP contribution is -2.45. The first kappa shape index (κ1) is 56.0. The molecule has 0 radical (unpaired) electrons. The first-order chi connectivity index (χ1) is 27.5. The van der Waals surface area contributed by atoms with Gasteiger partial charge in [0.05, 0.1) is 39.9 Å². The molecule has 0 bridgehead atoms. The van der Waals surface area contributed by atoms with E-state index in [-0.39, 0.29) is 19.1 Å². The monoisotopic (exact) mass is 828 g/mol. The van der Waals surface area contributed by atoms with Crippen molar-refractivity contribution in [3.8, 4) is 0 Å². The van der Waals surface area contributed by atoms with E-state index >= 15 is 0 Å². The highest BCUT2D eigenvalue weighted by Crippen LogP contribution is 2.43. The van der Waals surface area contributed by atoms with Gasteiger partial charge in [0.2, 0.25) is 5.91 Å². The van der Waals surface area contributed by atoms with E-state index in [0.717, 1.165) is 51.4 Å². The summed E-state index contributed by atoms with van der Waals surface area (Å²) in [7, 11) is 1.57. The molecule has 0 aromatic carbocycles. The van der Waals surface area contributed by atoms with Gasteiger partial charge < -0.3 is 19.8 Å². The molecule has 8 nitrogen and oxygen atoms in total. The molecule has 0 heterocycles. The second kappa shape index (κ2) is 40.4. The molecule has 0 saturated heterocycles. The van der Waals surface area contributed by atoms with E-state index in [2.05, 4.69) is 31.3 Å². The zero-order chi connectivity index (χ0) is 42.1. The third-order valence-corrected chi connectivity index (χ3v) is 11.9. The van der Waals surface area contributed by atoms with Gasteiger partial charge in [-0.1, -0.05) is 199 Å². The van der Waals surface area contributed by atoms with Crippen molar-refractivity contribution in [3.05, 3.63) is 24.3 Å². The van der Waals surface area contributed by atoms with Crippen LogP contribution in [0, 0.1) is 0 Å². The minimum Gasteiger partial charge on any atom is -0.387 e. The Labute approximate surface area is 354 Å². The van der Waals surface area contributed by atoms with Crippen molar-refractivity contribution in [2.45, 2.75) is 238 Å². The Morgan fingerprint density at radius 2 is 0.947 bits per heavy atom. The fourth-order valence-electron chi connectivity index (χ4n) is 7.04. The second-order valence-corrected chi connectivity index (χ2v) is 19.3. The number of aliphatic hydroxyl groups is 1. The molecule has 0 aromatic rings. The molecule has 0 aliphatic rings. The lowest BCUT2D eigenvalue weighted by Gasteiger charge is -2.25. The number of allylic oxidation sites excluding steroid dienone is 3. The first-order valence-corrected chi connectivity index (χ1v) is 25.7. The SMILES string of the molecule is CCCCCCCC/C=C\CCCCCC(=O)NC(COP(=O)(O)OCC[N+](C)(C)C)C(O)/C=C/CCCCCCCCCCCCCCCCCCCCCC. The average molecular weight is 828 g/mol. The third kappa shape index (κ3) is 42.9. The van der Waals surface area contributed by atoms with Gasteiger partial charge in [0.1, 0.15) is 13.2 Å². The van der Waals surface area contributed by atoms with Crippen LogP contribution in [0.5, 0.6) is 0 Å². The fraction of sp³-hybridized carbons (Fsp3) is 0.896. The minimum absolute atomic E-state index is 0.0600. The van der Waals surface area contributed by atoms with Gasteiger partial charge in [-0.15, -0.1) is 0 Å². The van der Waals surface area contributed by atoms with Crippen LogP contribution in [0.15, 0.2) is 24.3 Å². The summed E-state index contributed by atoms with van der Waals surface area (Å²) in [6, 6.07) is -0.851. The molecule has 0 fully saturated rings. The van der Waals surface area contributed by atoms with Gasteiger partial charge >= 0.3 is 7.82 Å². The minimum atomic E-state index is -4.34. The van der Waals surface area contributed by atoms with Crippen LogP contribution in [0.2, 0.25) is 0 Å². The van der Waals surface area contributed by atoms with Gasteiger partial charge in [0.25, 0.3) is 0 Å². The van der Waals surface area contributed by atoms with Crippen molar-refractivity contribution in [1.29, 1.82) is 0 Å². The topological polar surface area (TPSA) is 105 Å². The molecule has 3 N–H and O–H groups in total. The number of carbonyl (C=O) groups is 1. The third-order valence-electron chi connectivity index (χ3n) is 10.9. The molecule has 338 valence electrons. The number of phosphoric ester groups is 1. The molecule has 3 atom stereocenters. The molecule has 1 amide bonds. The van der Waals surface area contributed by atoms with Crippen LogP contribution in [0.25, 0.3) is 0 Å². The Kier molecular flexibility index (Phi) is 39.7. The average Bonchev–Trinajstić information content (AvgIpc) is 3.16. The summed E-state index contributed by atoms with van der Waals surface area (Å²) in [5.41, 5.74) is 0. The highest BCUT2D eigenvalue weighted by molar-refractivity contribution is 7.47. The quantitative estimate of drug-likeness (QED) is 0.0244. The van der Waals surface area contributed by atoms with E-state index in [1.807, 2.05) is 27.2 Å². The van der Waals surface area contributed by atoms with E-state index in [4.69, 9.17) is 9.05 Å². The molecule has 0 aromatic heterocycles. The van der Waals surface area contributed by atoms with Gasteiger partial charge in [0.15, 0.2) is 0 Å². The van der Waals surface area contributed by atoms with Gasteiger partial charge in [-0.25, -0.2) is 4.57 Å². The molecule has 57 heavy (non-hydrogen) atoms. The molecule has 0 aliphatic carbocycles. The van der Waals surface area contributed by atoms with Crippen LogP contribution in [-0.4, -0.2) is 73.4 Å². The zero-order valence-corrected chi connectivity index (χ0v) is 39.2. The van der Waals surface area contributed by atoms with Crippen LogP contribution >= 0.6 is 7.82 Å². The number of quaternary nitrogens is 1. The van der Waals surface area contributed by atoms with Crippen LogP contribution in [-0.2, 0) is 18.4 Å². The number of hydrogen-bond acceptors (Lipinski definition) is 5. The van der Waals surface area contributed by atoms with Gasteiger partial charge in [0, 0.05) is 6.42 Å². The van der Waals surface area contributed by atoms with Crippen LogP contribution in [0.4, 0.5) is 0 Å². The molecule has 0 aliphatic heterocycles. The molecule has 3 unspecified atom stereocenters. The second-order valence-electron chi connectivity index (χ2n) is 17.8. The number of nitrogens with one attached hydrogen (secondary N) is 1. The van der Waals surface area contributed by atoms with Crippen LogP contribution in [0.3, 0.4) is 0 Å². The van der Waals surface area contributed by atoms with Crippen molar-refractivity contribution in [2.75, 3.05) is 40.9 Å². The van der Waals surface area contributed by atoms with E-state index in [1.54, 1.807) is 6.08 Å². The number of unbranched alkanes of at least 4 members (excludes halogenated alkanes) is 29. The highest BCUT2D eigenvalue weighted by atomic mass is 31.2. The van der Waals surface area contributed by atoms with E-state index in [9.17, 15) is 19.4 Å². The molecule has 9 heteroatoms. The molecule has 0 spiro atoms. The summed E-state index contributed by atoms with van der Waals surface area (Å²) in [4.78, 5) is 23.1. The Morgan fingerprint density at radius 3 is 1.35 bits per heavy atom. The number of aliphatic hydroxyl groups excluding tert-OH is 1.